The fourth-order valence-corrected chi connectivity index (χ4v) is 2.36. The Balaban J connectivity index is 2.20. The molecule has 0 bridgehead atoms. The highest BCUT2D eigenvalue weighted by molar-refractivity contribution is 6.33. The molecule has 0 fully saturated rings. The summed E-state index contributed by atoms with van der Waals surface area (Å²) in [6.45, 7) is 4.03. The Kier molecular flexibility index (Phi) is 4.51. The molecule has 1 aromatic carbocycles. The second-order valence-electron chi connectivity index (χ2n) is 5.19. The highest BCUT2D eigenvalue weighted by Gasteiger charge is 2.16. The highest BCUT2D eigenvalue weighted by Crippen LogP contribution is 2.22. The van der Waals surface area contributed by atoms with E-state index in [1.54, 1.807) is 17.8 Å². The average Bonchev–Trinajstić information content (AvgIpc) is 2.80. The van der Waals surface area contributed by atoms with Crippen molar-refractivity contribution in [1.82, 2.24) is 9.78 Å². The molecule has 0 saturated carbocycles. The Morgan fingerprint density at radius 3 is 2.50 bits per heavy atom. The number of hydrogen-bond donors (Lipinski definition) is 2. The molecular weight excluding hydrogens is 306 g/mol. The molecule has 0 atom stereocenters. The summed E-state index contributed by atoms with van der Waals surface area (Å²) in [6.07, 6.45) is 0. The van der Waals surface area contributed by atoms with Crippen molar-refractivity contribution in [2.75, 3.05) is 5.32 Å². The van der Waals surface area contributed by atoms with Gasteiger partial charge < -0.3 is 10.4 Å². The zero-order chi connectivity index (χ0) is 16.4. The molecule has 0 aliphatic carbocycles. The number of aromatic carboxylic acids is 1. The number of rotatable bonds is 4. The molecule has 0 spiro atoms. The van der Waals surface area contributed by atoms with Gasteiger partial charge in [-0.25, -0.2) is 4.79 Å². The Bertz CT molecular complexity index is 738. The third-order valence-electron chi connectivity index (χ3n) is 3.20. The number of nitrogens with one attached hydrogen (secondary N) is 1. The van der Waals surface area contributed by atoms with Crippen LogP contribution in [0.15, 0.2) is 24.3 Å². The summed E-state index contributed by atoms with van der Waals surface area (Å²) in [6, 6.07) is 5.96. The summed E-state index contributed by atoms with van der Waals surface area (Å²) in [5.41, 5.74) is 1.64. The van der Waals surface area contributed by atoms with Gasteiger partial charge in [-0.2, -0.15) is 5.10 Å². The van der Waals surface area contributed by atoms with Crippen molar-refractivity contribution >= 4 is 29.2 Å². The number of carboxylic acids is 1. The zero-order valence-electron chi connectivity index (χ0n) is 12.4. The van der Waals surface area contributed by atoms with Gasteiger partial charge in [-0.15, -0.1) is 0 Å². The van der Waals surface area contributed by atoms with E-state index in [9.17, 15) is 9.59 Å². The third-order valence-corrected chi connectivity index (χ3v) is 3.51. The van der Waals surface area contributed by atoms with Crippen molar-refractivity contribution in [3.63, 3.8) is 0 Å². The molecule has 2 aromatic rings. The lowest BCUT2D eigenvalue weighted by Gasteiger charge is -2.05. The molecular formula is C15H16ClN3O3. The van der Waals surface area contributed by atoms with Crippen molar-refractivity contribution in [2.45, 2.75) is 19.8 Å². The minimum atomic E-state index is -1.12. The van der Waals surface area contributed by atoms with E-state index >= 15 is 0 Å². The number of amides is 1. The summed E-state index contributed by atoms with van der Waals surface area (Å²) < 4.78 is 1.67. The normalized spacial score (nSPS) is 10.8. The van der Waals surface area contributed by atoms with Crippen LogP contribution >= 0.6 is 11.6 Å². The van der Waals surface area contributed by atoms with Gasteiger partial charge in [0, 0.05) is 18.4 Å². The number of carbonyl (C=O) groups is 2. The quantitative estimate of drug-likeness (QED) is 0.906. The van der Waals surface area contributed by atoms with E-state index in [4.69, 9.17) is 16.7 Å². The Morgan fingerprint density at radius 1 is 1.32 bits per heavy atom. The van der Waals surface area contributed by atoms with Gasteiger partial charge in [0.2, 0.25) is 0 Å². The van der Waals surface area contributed by atoms with Crippen LogP contribution in [-0.4, -0.2) is 26.8 Å². The summed E-state index contributed by atoms with van der Waals surface area (Å²) in [4.78, 5) is 23.1. The minimum absolute atomic E-state index is 0.0143. The topological polar surface area (TPSA) is 84.2 Å². The third kappa shape index (κ3) is 3.28. The second-order valence-corrected chi connectivity index (χ2v) is 5.59. The van der Waals surface area contributed by atoms with E-state index in [0.717, 1.165) is 5.69 Å². The maximum absolute atomic E-state index is 12.2. The standard InChI is InChI=1S/C15H16ClN3O3/c1-8(2)13-7-12(18-19(13)3)14(20)17-9-4-5-10(15(21)22)11(16)6-9/h4-8H,1-3H3,(H,17,20)(H,21,22). The van der Waals surface area contributed by atoms with Crippen molar-refractivity contribution in [3.8, 4) is 0 Å². The van der Waals surface area contributed by atoms with Gasteiger partial charge in [0.15, 0.2) is 5.69 Å². The molecule has 1 amide bonds. The lowest BCUT2D eigenvalue weighted by atomic mass is 10.1. The number of hydrogen-bond acceptors (Lipinski definition) is 3. The van der Waals surface area contributed by atoms with E-state index in [1.165, 1.54) is 18.2 Å². The first-order chi connectivity index (χ1) is 10.3. The average molecular weight is 322 g/mol. The number of benzene rings is 1. The second kappa shape index (κ2) is 6.19. The predicted molar refractivity (Wildman–Crippen MR) is 83.7 cm³/mol. The zero-order valence-corrected chi connectivity index (χ0v) is 13.2. The fourth-order valence-electron chi connectivity index (χ4n) is 2.09. The molecule has 0 saturated heterocycles. The van der Waals surface area contributed by atoms with E-state index in [1.807, 2.05) is 13.8 Å². The van der Waals surface area contributed by atoms with Crippen molar-refractivity contribution < 1.29 is 14.7 Å². The number of anilines is 1. The Hall–Kier alpha value is -2.34. The van der Waals surface area contributed by atoms with Gasteiger partial charge in [0.05, 0.1) is 10.6 Å². The van der Waals surface area contributed by atoms with Gasteiger partial charge in [0.25, 0.3) is 5.91 Å². The van der Waals surface area contributed by atoms with Gasteiger partial charge in [-0.1, -0.05) is 25.4 Å². The molecule has 0 unspecified atom stereocenters. The number of halogens is 1. The van der Waals surface area contributed by atoms with E-state index in [0.29, 0.717) is 11.4 Å². The minimum Gasteiger partial charge on any atom is -0.478 e. The van der Waals surface area contributed by atoms with E-state index in [2.05, 4.69) is 10.4 Å². The first-order valence-electron chi connectivity index (χ1n) is 6.67. The maximum atomic E-state index is 12.2. The van der Waals surface area contributed by atoms with Crippen LogP contribution in [0.2, 0.25) is 5.02 Å². The summed E-state index contributed by atoms with van der Waals surface area (Å²) in [7, 11) is 1.78. The Morgan fingerprint density at radius 2 is 2.00 bits per heavy atom. The molecule has 7 heteroatoms. The fraction of sp³-hybridized carbons (Fsp3) is 0.267. The van der Waals surface area contributed by atoms with Gasteiger partial charge in [0.1, 0.15) is 0 Å². The van der Waals surface area contributed by atoms with Gasteiger partial charge in [-0.05, 0) is 30.2 Å². The lowest BCUT2D eigenvalue weighted by Crippen LogP contribution is -2.13. The summed E-state index contributed by atoms with van der Waals surface area (Å²) in [5, 5.41) is 15.8. The molecule has 0 aliphatic rings. The van der Waals surface area contributed by atoms with Gasteiger partial charge >= 0.3 is 5.97 Å². The molecule has 2 N–H and O–H groups in total. The van der Waals surface area contributed by atoms with E-state index < -0.39 is 5.97 Å². The van der Waals surface area contributed by atoms with Gasteiger partial charge in [-0.3, -0.25) is 9.48 Å². The number of nitrogens with zero attached hydrogens (tertiary/aromatic N) is 2. The molecule has 0 radical (unpaired) electrons. The van der Waals surface area contributed by atoms with Crippen LogP contribution in [0.25, 0.3) is 0 Å². The molecule has 6 nitrogen and oxygen atoms in total. The van der Waals surface area contributed by atoms with Crippen molar-refractivity contribution in [1.29, 1.82) is 0 Å². The monoisotopic (exact) mass is 321 g/mol. The lowest BCUT2D eigenvalue weighted by molar-refractivity contribution is 0.0697. The smallest absolute Gasteiger partial charge is 0.337 e. The van der Waals surface area contributed by atoms with Crippen LogP contribution in [-0.2, 0) is 7.05 Å². The summed E-state index contributed by atoms with van der Waals surface area (Å²) in [5.74, 6) is -1.24. The van der Waals surface area contributed by atoms with Crippen LogP contribution in [0.3, 0.4) is 0 Å². The van der Waals surface area contributed by atoms with Crippen LogP contribution < -0.4 is 5.32 Å². The number of aromatic nitrogens is 2. The summed E-state index contributed by atoms with van der Waals surface area (Å²) >= 11 is 5.87. The number of carboxylic acid groups (broad SMARTS) is 1. The predicted octanol–water partition coefficient (Wildman–Crippen LogP) is 3.15. The van der Waals surface area contributed by atoms with E-state index in [-0.39, 0.29) is 22.4 Å². The molecule has 22 heavy (non-hydrogen) atoms. The molecule has 1 heterocycles. The maximum Gasteiger partial charge on any atom is 0.337 e. The van der Waals surface area contributed by atoms with Crippen molar-refractivity contribution in [2.24, 2.45) is 7.05 Å². The number of carbonyl (C=O) groups excluding carboxylic acids is 1. The molecule has 0 aliphatic heterocycles. The largest absolute Gasteiger partial charge is 0.478 e. The first kappa shape index (κ1) is 16.0. The van der Waals surface area contributed by atoms with Crippen LogP contribution in [0, 0.1) is 0 Å². The Labute approximate surface area is 132 Å². The van der Waals surface area contributed by atoms with Crippen LogP contribution in [0.1, 0.15) is 46.3 Å². The first-order valence-corrected chi connectivity index (χ1v) is 7.05. The highest BCUT2D eigenvalue weighted by atomic mass is 35.5. The number of aryl methyl sites for hydroxylation is 1. The van der Waals surface area contributed by atoms with Crippen molar-refractivity contribution in [3.05, 3.63) is 46.2 Å². The molecule has 1 aromatic heterocycles. The van der Waals surface area contributed by atoms with Crippen LogP contribution in [0.4, 0.5) is 5.69 Å². The molecule has 2 rings (SSSR count). The molecule has 116 valence electrons. The SMILES string of the molecule is CC(C)c1cc(C(=O)Nc2ccc(C(=O)O)c(Cl)c2)nn1C. The van der Waals surface area contributed by atoms with Crippen LogP contribution in [0.5, 0.6) is 0 Å².